The summed E-state index contributed by atoms with van der Waals surface area (Å²) in [7, 11) is 0. The van der Waals surface area contributed by atoms with E-state index in [9.17, 15) is 0 Å². The topological polar surface area (TPSA) is 78.1 Å². The number of rotatable bonds is 2. The molecule has 2 rings (SSSR count). The van der Waals surface area contributed by atoms with Gasteiger partial charge in [-0.1, -0.05) is 5.16 Å². The minimum absolute atomic E-state index is 0.229. The molecule has 2 aromatic rings. The molecule has 0 unspecified atom stereocenters. The number of aromatic nitrogens is 2. The van der Waals surface area contributed by atoms with Gasteiger partial charge < -0.3 is 14.7 Å². The highest BCUT2D eigenvalue weighted by Gasteiger charge is 2.13. The van der Waals surface area contributed by atoms with Crippen molar-refractivity contribution in [3.8, 4) is 11.5 Å². The number of hydrogen-bond donors (Lipinski definition) is 1. The van der Waals surface area contributed by atoms with Crippen LogP contribution in [0.3, 0.4) is 0 Å². The Labute approximate surface area is 78.5 Å². The molecule has 2 N–H and O–H groups in total. The minimum Gasteiger partial charge on any atom is -0.452 e. The third-order valence-corrected chi connectivity index (χ3v) is 1.79. The normalized spacial score (nSPS) is 10.6. The first-order valence-corrected chi connectivity index (χ1v) is 3.95. The molecular weight excluding hydrogens is 194 g/mol. The highest BCUT2D eigenvalue weighted by molar-refractivity contribution is 6.31. The number of halogens is 1. The van der Waals surface area contributed by atoms with Gasteiger partial charge in [-0.05, 0) is 17.7 Å². The van der Waals surface area contributed by atoms with E-state index in [0.717, 1.165) is 0 Å². The second kappa shape index (κ2) is 3.20. The molecule has 0 spiro atoms. The molecule has 0 radical (unpaired) electrons. The predicted molar refractivity (Wildman–Crippen MR) is 44.9 cm³/mol. The van der Waals surface area contributed by atoms with E-state index in [1.165, 1.54) is 6.26 Å². The van der Waals surface area contributed by atoms with E-state index in [1.54, 1.807) is 6.07 Å². The molecule has 0 saturated carbocycles. The maximum atomic E-state index is 5.70. The van der Waals surface area contributed by atoms with Gasteiger partial charge in [-0.25, -0.2) is 0 Å². The van der Waals surface area contributed by atoms with E-state index in [1.807, 2.05) is 0 Å². The van der Waals surface area contributed by atoms with Crippen LogP contribution in [-0.2, 0) is 6.54 Å². The highest BCUT2D eigenvalue weighted by Crippen LogP contribution is 2.26. The van der Waals surface area contributed by atoms with Crippen molar-refractivity contribution in [3.05, 3.63) is 23.4 Å². The van der Waals surface area contributed by atoms with Crippen LogP contribution in [0.15, 0.2) is 21.3 Å². The molecule has 0 bridgehead atoms. The predicted octanol–water partition coefficient (Wildman–Crippen LogP) is 1.44. The van der Waals surface area contributed by atoms with Gasteiger partial charge in [-0.3, -0.25) is 0 Å². The zero-order valence-electron chi connectivity index (χ0n) is 6.53. The Balaban J connectivity index is 2.41. The van der Waals surface area contributed by atoms with E-state index < -0.39 is 0 Å². The largest absolute Gasteiger partial charge is 0.452 e. The fourth-order valence-corrected chi connectivity index (χ4v) is 1.09. The van der Waals surface area contributed by atoms with Crippen molar-refractivity contribution in [2.24, 2.45) is 5.73 Å². The minimum atomic E-state index is 0.229. The Morgan fingerprint density at radius 1 is 1.54 bits per heavy atom. The van der Waals surface area contributed by atoms with Crippen LogP contribution >= 0.6 is 11.6 Å². The Morgan fingerprint density at radius 3 is 2.92 bits per heavy atom. The van der Waals surface area contributed by atoms with E-state index >= 15 is 0 Å². The van der Waals surface area contributed by atoms with Gasteiger partial charge in [-0.15, -0.1) is 0 Å². The van der Waals surface area contributed by atoms with Crippen molar-refractivity contribution >= 4 is 11.6 Å². The molecule has 0 aliphatic rings. The van der Waals surface area contributed by atoms with Crippen LogP contribution in [0.25, 0.3) is 11.5 Å². The first-order valence-electron chi connectivity index (χ1n) is 3.57. The molecule has 0 amide bonds. The van der Waals surface area contributed by atoms with Crippen molar-refractivity contribution in [2.45, 2.75) is 6.54 Å². The second-order valence-electron chi connectivity index (χ2n) is 2.33. The molecule has 0 aliphatic carbocycles. The maximum Gasteiger partial charge on any atom is 0.262 e. The zero-order chi connectivity index (χ0) is 9.26. The molecule has 0 saturated heterocycles. The van der Waals surface area contributed by atoms with Gasteiger partial charge >= 0.3 is 0 Å². The maximum absolute atomic E-state index is 5.70. The van der Waals surface area contributed by atoms with Crippen LogP contribution < -0.4 is 5.73 Å². The number of hydrogen-bond acceptors (Lipinski definition) is 5. The zero-order valence-corrected chi connectivity index (χ0v) is 7.28. The first kappa shape index (κ1) is 8.28. The van der Waals surface area contributed by atoms with E-state index in [4.69, 9.17) is 26.3 Å². The quantitative estimate of drug-likeness (QED) is 0.792. The van der Waals surface area contributed by atoms with Gasteiger partial charge in [0.05, 0.1) is 18.4 Å². The summed E-state index contributed by atoms with van der Waals surface area (Å²) in [5.74, 6) is 0.756. The van der Waals surface area contributed by atoms with E-state index in [2.05, 4.69) is 10.1 Å². The number of furan rings is 1. The van der Waals surface area contributed by atoms with Crippen molar-refractivity contribution in [3.63, 3.8) is 0 Å². The average molecular weight is 200 g/mol. The van der Waals surface area contributed by atoms with Crippen LogP contribution in [0, 0.1) is 0 Å². The van der Waals surface area contributed by atoms with Crippen LogP contribution in [0.1, 0.15) is 5.82 Å². The van der Waals surface area contributed by atoms with E-state index in [0.29, 0.717) is 17.3 Å². The molecule has 13 heavy (non-hydrogen) atoms. The lowest BCUT2D eigenvalue weighted by atomic mass is 10.3. The summed E-state index contributed by atoms with van der Waals surface area (Å²) >= 11 is 5.70. The second-order valence-corrected chi connectivity index (χ2v) is 2.67. The molecule has 0 aromatic carbocycles. The van der Waals surface area contributed by atoms with Crippen molar-refractivity contribution in [2.75, 3.05) is 0 Å². The molecule has 68 valence electrons. The first-order chi connectivity index (χ1) is 6.31. The number of nitrogens with two attached hydrogens (primary N) is 1. The summed E-state index contributed by atoms with van der Waals surface area (Å²) in [6.07, 6.45) is 1.45. The average Bonchev–Trinajstić information content (AvgIpc) is 2.71. The fraction of sp³-hybridized carbons (Fsp3) is 0.143. The van der Waals surface area contributed by atoms with Crippen LogP contribution in [-0.4, -0.2) is 10.1 Å². The highest BCUT2D eigenvalue weighted by atomic mass is 35.5. The third kappa shape index (κ3) is 1.43. The monoisotopic (exact) mass is 199 g/mol. The Bertz CT molecular complexity index is 409. The van der Waals surface area contributed by atoms with E-state index in [-0.39, 0.29) is 11.8 Å². The summed E-state index contributed by atoms with van der Waals surface area (Å²) in [5, 5.41) is 3.85. The molecule has 0 atom stereocenters. The lowest BCUT2D eigenvalue weighted by Crippen LogP contribution is -1.97. The van der Waals surface area contributed by atoms with Crippen molar-refractivity contribution < 1.29 is 8.94 Å². The lowest BCUT2D eigenvalue weighted by molar-refractivity contribution is 0.422. The smallest absolute Gasteiger partial charge is 0.262 e. The molecule has 5 nitrogen and oxygen atoms in total. The van der Waals surface area contributed by atoms with Crippen LogP contribution in [0.4, 0.5) is 0 Å². The third-order valence-electron chi connectivity index (χ3n) is 1.50. The van der Waals surface area contributed by atoms with Crippen LogP contribution in [0.5, 0.6) is 0 Å². The Morgan fingerprint density at radius 2 is 2.38 bits per heavy atom. The number of nitrogens with zero attached hydrogens (tertiary/aromatic N) is 2. The van der Waals surface area contributed by atoms with Crippen molar-refractivity contribution in [1.82, 2.24) is 10.1 Å². The molecule has 2 heterocycles. The van der Waals surface area contributed by atoms with Gasteiger partial charge in [0.25, 0.3) is 5.89 Å². The lowest BCUT2D eigenvalue weighted by Gasteiger charge is -1.85. The van der Waals surface area contributed by atoms with Crippen molar-refractivity contribution in [1.29, 1.82) is 0 Å². The molecule has 0 aliphatic heterocycles. The summed E-state index contributed by atoms with van der Waals surface area (Å²) in [6.45, 7) is 0.235. The SMILES string of the molecule is NCc1noc(-c2ccoc2Cl)n1. The summed E-state index contributed by atoms with van der Waals surface area (Å²) < 4.78 is 9.76. The van der Waals surface area contributed by atoms with Crippen LogP contribution in [0.2, 0.25) is 5.22 Å². The van der Waals surface area contributed by atoms with Gasteiger partial charge in [-0.2, -0.15) is 4.98 Å². The molecule has 0 fully saturated rings. The molecular formula is C7H6ClN3O2. The van der Waals surface area contributed by atoms with Gasteiger partial charge in [0.1, 0.15) is 0 Å². The molecule has 2 aromatic heterocycles. The van der Waals surface area contributed by atoms with Gasteiger partial charge in [0, 0.05) is 0 Å². The standard InChI is InChI=1S/C7H6ClN3O2/c8-6-4(1-2-12-6)7-10-5(3-9)11-13-7/h1-2H,3,9H2. The van der Waals surface area contributed by atoms with Gasteiger partial charge in [0.2, 0.25) is 5.22 Å². The fourth-order valence-electron chi connectivity index (χ4n) is 0.892. The summed E-state index contributed by atoms with van der Waals surface area (Å²) in [5.41, 5.74) is 5.89. The Kier molecular flexibility index (Phi) is 2.03. The summed E-state index contributed by atoms with van der Waals surface area (Å²) in [6, 6.07) is 1.65. The summed E-state index contributed by atoms with van der Waals surface area (Å²) in [4.78, 5) is 3.98. The molecule has 6 heteroatoms. The van der Waals surface area contributed by atoms with Gasteiger partial charge in [0.15, 0.2) is 5.82 Å². The Hall–Kier alpha value is -1.33.